The Labute approximate surface area is 208 Å². The maximum Gasteiger partial charge on any atom is 0.315 e. The molecular weight excluding hydrogens is 438 g/mol. The van der Waals surface area contributed by atoms with Crippen molar-refractivity contribution in [3.63, 3.8) is 0 Å². The number of aliphatic carboxylic acids is 1. The zero-order chi connectivity index (χ0) is 25.8. The fourth-order valence-electron chi connectivity index (χ4n) is 5.56. The minimum Gasteiger partial charge on any atom is -0.508 e. The van der Waals surface area contributed by atoms with Crippen molar-refractivity contribution < 1.29 is 19.8 Å². The van der Waals surface area contributed by atoms with Crippen LogP contribution in [0, 0.1) is 5.92 Å². The van der Waals surface area contributed by atoms with Crippen molar-refractivity contribution in [2.75, 3.05) is 14.1 Å². The summed E-state index contributed by atoms with van der Waals surface area (Å²) in [6, 6.07) is 22.8. The molecule has 0 aromatic heterocycles. The number of phenolic OH excluding ortho intramolecular Hbond substituents is 1. The summed E-state index contributed by atoms with van der Waals surface area (Å²) < 4.78 is 0. The van der Waals surface area contributed by atoms with Gasteiger partial charge < -0.3 is 15.1 Å². The molecule has 4 atom stereocenters. The SMILES string of the molecule is CC[C@@H](c1cccc(O)c1)[C@@H](C)C(N(C)C)[C@](C)(C(=O)O)c1cccc(C(=O)c2ccccc2)c1. The van der Waals surface area contributed by atoms with E-state index in [4.69, 9.17) is 0 Å². The number of carbonyl (C=O) groups excluding carboxylic acids is 1. The summed E-state index contributed by atoms with van der Waals surface area (Å²) in [6.45, 7) is 5.90. The lowest BCUT2D eigenvalue weighted by Crippen LogP contribution is -2.55. The number of aromatic hydroxyl groups is 1. The standard InChI is InChI=1S/C30H35NO4/c1-6-26(22-14-11-17-25(32)19-22)20(2)28(31(4)5)30(3,29(34)35)24-16-10-15-23(18-24)27(33)21-12-8-7-9-13-21/h7-20,26,28,32H,6H2,1-5H3,(H,34,35)/t20-,26-,28?,30-/m1/s1. The molecule has 0 radical (unpaired) electrons. The van der Waals surface area contributed by atoms with E-state index in [0.29, 0.717) is 16.7 Å². The summed E-state index contributed by atoms with van der Waals surface area (Å²) in [5.74, 6) is -0.935. The van der Waals surface area contributed by atoms with Crippen molar-refractivity contribution in [1.29, 1.82) is 0 Å². The highest BCUT2D eigenvalue weighted by atomic mass is 16.4. The van der Waals surface area contributed by atoms with Gasteiger partial charge in [0.1, 0.15) is 11.2 Å². The Kier molecular flexibility index (Phi) is 8.13. The highest BCUT2D eigenvalue weighted by Crippen LogP contribution is 2.42. The molecule has 1 unspecified atom stereocenters. The minimum absolute atomic E-state index is 0.0299. The second kappa shape index (κ2) is 10.9. The molecular formula is C30H35NO4. The second-order valence-electron chi connectivity index (χ2n) is 9.66. The third-order valence-electron chi connectivity index (χ3n) is 7.22. The average molecular weight is 474 g/mol. The van der Waals surface area contributed by atoms with Gasteiger partial charge in [-0.15, -0.1) is 0 Å². The average Bonchev–Trinajstić information content (AvgIpc) is 2.84. The fraction of sp³-hybridized carbons (Fsp3) is 0.333. The summed E-state index contributed by atoms with van der Waals surface area (Å²) in [6.07, 6.45) is 0.789. The summed E-state index contributed by atoms with van der Waals surface area (Å²) in [5, 5.41) is 20.7. The third kappa shape index (κ3) is 5.30. The molecule has 5 nitrogen and oxygen atoms in total. The van der Waals surface area contributed by atoms with Gasteiger partial charge in [-0.3, -0.25) is 9.59 Å². The van der Waals surface area contributed by atoms with E-state index in [-0.39, 0.29) is 23.4 Å². The third-order valence-corrected chi connectivity index (χ3v) is 7.22. The molecule has 0 spiro atoms. The van der Waals surface area contributed by atoms with Gasteiger partial charge in [0.25, 0.3) is 0 Å². The second-order valence-corrected chi connectivity index (χ2v) is 9.66. The van der Waals surface area contributed by atoms with Crippen molar-refractivity contribution in [2.45, 2.75) is 44.6 Å². The van der Waals surface area contributed by atoms with Gasteiger partial charge in [-0.2, -0.15) is 0 Å². The molecule has 0 saturated carbocycles. The van der Waals surface area contributed by atoms with E-state index >= 15 is 0 Å². The molecule has 0 aliphatic rings. The summed E-state index contributed by atoms with van der Waals surface area (Å²) in [7, 11) is 3.80. The van der Waals surface area contributed by atoms with Crippen molar-refractivity contribution in [1.82, 2.24) is 4.90 Å². The van der Waals surface area contributed by atoms with E-state index in [1.54, 1.807) is 55.5 Å². The van der Waals surface area contributed by atoms with Gasteiger partial charge in [0.2, 0.25) is 0 Å². The maximum atomic E-state index is 13.1. The first-order chi connectivity index (χ1) is 16.6. The fourth-order valence-corrected chi connectivity index (χ4v) is 5.56. The lowest BCUT2D eigenvalue weighted by atomic mass is 9.66. The Bertz CT molecular complexity index is 1170. The van der Waals surface area contributed by atoms with Gasteiger partial charge in [-0.1, -0.05) is 74.5 Å². The van der Waals surface area contributed by atoms with Crippen LogP contribution in [0.15, 0.2) is 78.9 Å². The van der Waals surface area contributed by atoms with E-state index in [1.165, 1.54) is 0 Å². The number of ketones is 1. The van der Waals surface area contributed by atoms with Crippen molar-refractivity contribution >= 4 is 11.8 Å². The van der Waals surface area contributed by atoms with Crippen LogP contribution in [0.4, 0.5) is 0 Å². The number of likely N-dealkylation sites (N-methyl/N-ethyl adjacent to an activating group) is 1. The number of carbonyl (C=O) groups is 2. The summed E-state index contributed by atoms with van der Waals surface area (Å²) >= 11 is 0. The smallest absolute Gasteiger partial charge is 0.315 e. The van der Waals surface area contributed by atoms with Crippen LogP contribution in [0.5, 0.6) is 5.75 Å². The first kappa shape index (κ1) is 26.2. The Hall–Kier alpha value is -3.44. The molecule has 3 aromatic carbocycles. The summed E-state index contributed by atoms with van der Waals surface area (Å²) in [5.41, 5.74) is 1.30. The van der Waals surface area contributed by atoms with Gasteiger partial charge in [0.05, 0.1) is 0 Å². The molecule has 0 heterocycles. The van der Waals surface area contributed by atoms with E-state index in [2.05, 4.69) is 13.8 Å². The number of benzene rings is 3. The van der Waals surface area contributed by atoms with Gasteiger partial charge in [-0.25, -0.2) is 0 Å². The molecule has 0 bridgehead atoms. The number of hydrogen-bond donors (Lipinski definition) is 2. The van der Waals surface area contributed by atoms with Gasteiger partial charge >= 0.3 is 5.97 Å². The normalized spacial score (nSPS) is 15.7. The highest BCUT2D eigenvalue weighted by molar-refractivity contribution is 6.09. The predicted molar refractivity (Wildman–Crippen MR) is 139 cm³/mol. The van der Waals surface area contributed by atoms with Crippen LogP contribution in [0.2, 0.25) is 0 Å². The van der Waals surface area contributed by atoms with E-state index in [1.807, 2.05) is 49.3 Å². The van der Waals surface area contributed by atoms with E-state index in [0.717, 1.165) is 12.0 Å². The first-order valence-electron chi connectivity index (χ1n) is 12.0. The van der Waals surface area contributed by atoms with Crippen LogP contribution < -0.4 is 0 Å². The van der Waals surface area contributed by atoms with Crippen LogP contribution in [-0.2, 0) is 10.2 Å². The molecule has 35 heavy (non-hydrogen) atoms. The van der Waals surface area contributed by atoms with Crippen molar-refractivity contribution in [2.24, 2.45) is 5.92 Å². The van der Waals surface area contributed by atoms with E-state index < -0.39 is 17.4 Å². The number of phenols is 1. The Morgan fingerprint density at radius 2 is 1.54 bits per heavy atom. The Morgan fingerprint density at radius 1 is 0.914 bits per heavy atom. The van der Waals surface area contributed by atoms with Crippen LogP contribution in [0.1, 0.15) is 60.2 Å². The highest BCUT2D eigenvalue weighted by Gasteiger charge is 2.48. The van der Waals surface area contributed by atoms with Crippen LogP contribution in [0.3, 0.4) is 0 Å². The summed E-state index contributed by atoms with van der Waals surface area (Å²) in [4.78, 5) is 28.1. The Balaban J connectivity index is 2.09. The van der Waals surface area contributed by atoms with Gasteiger partial charge in [0.15, 0.2) is 5.78 Å². The molecule has 0 fully saturated rings. The molecule has 0 saturated heterocycles. The number of carboxylic acid groups (broad SMARTS) is 1. The zero-order valence-electron chi connectivity index (χ0n) is 21.1. The molecule has 0 aliphatic carbocycles. The molecule has 2 N–H and O–H groups in total. The topological polar surface area (TPSA) is 77.8 Å². The van der Waals surface area contributed by atoms with Crippen LogP contribution in [0.25, 0.3) is 0 Å². The number of hydrogen-bond acceptors (Lipinski definition) is 4. The zero-order valence-corrected chi connectivity index (χ0v) is 21.1. The number of carboxylic acids is 1. The number of nitrogens with zero attached hydrogens (tertiary/aromatic N) is 1. The minimum atomic E-state index is -1.29. The lowest BCUT2D eigenvalue weighted by molar-refractivity contribution is -0.147. The largest absolute Gasteiger partial charge is 0.508 e. The maximum absolute atomic E-state index is 13.1. The Morgan fingerprint density at radius 3 is 2.11 bits per heavy atom. The van der Waals surface area contributed by atoms with Crippen LogP contribution in [-0.4, -0.2) is 47.0 Å². The molecule has 5 heteroatoms. The predicted octanol–water partition coefficient (Wildman–Crippen LogP) is 5.73. The molecule has 3 aromatic rings. The molecule has 184 valence electrons. The van der Waals surface area contributed by atoms with Gasteiger partial charge in [0, 0.05) is 17.2 Å². The number of rotatable bonds is 10. The lowest BCUT2D eigenvalue weighted by Gasteiger charge is -2.45. The van der Waals surface area contributed by atoms with Crippen LogP contribution >= 0.6 is 0 Å². The molecule has 3 rings (SSSR count). The van der Waals surface area contributed by atoms with E-state index in [9.17, 15) is 19.8 Å². The monoisotopic (exact) mass is 473 g/mol. The quantitative estimate of drug-likeness (QED) is 0.368. The molecule has 0 amide bonds. The van der Waals surface area contributed by atoms with Gasteiger partial charge in [-0.05, 0) is 68.6 Å². The van der Waals surface area contributed by atoms with Crippen molar-refractivity contribution in [3.05, 3.63) is 101 Å². The molecule has 0 aliphatic heterocycles. The first-order valence-corrected chi connectivity index (χ1v) is 12.0. The van der Waals surface area contributed by atoms with Crippen molar-refractivity contribution in [3.8, 4) is 5.75 Å².